The van der Waals surface area contributed by atoms with E-state index in [0.717, 1.165) is 141 Å². The standard InChI is InChI=1S/C77H128O6/c1-4-7-10-13-16-19-22-25-27-29-31-33-35-37-38-40-41-43-45-47-49-52-55-58-61-64-67-70-76(79)82-73-74(72-81-75(78)69-66-63-60-57-54-51-24-21-18-15-12-9-6-3)83-77(80)71-68-65-62-59-56-53-50-48-46-44-42-39-36-34-32-30-28-26-23-20-17-14-11-8-5-2/h7-8,10-11,16-17,19-21,24-28,31-34,39,42,46,48,74H,4-6,9,12-15,18,22-23,29-30,35-38,40-41,43-45,47,49-73H2,1-3H3/b10-7-,11-8-,19-16-,20-17-,24-21-,27-25-,28-26-,33-31-,34-32-,42-39-,48-46-. The summed E-state index contributed by atoms with van der Waals surface area (Å²) >= 11 is 0. The second-order valence-electron chi connectivity index (χ2n) is 22.7. The van der Waals surface area contributed by atoms with Gasteiger partial charge in [-0.3, -0.25) is 14.4 Å². The number of unbranched alkanes of at least 4 members (excludes halogenated alkanes) is 29. The Morgan fingerprint density at radius 1 is 0.253 bits per heavy atom. The smallest absolute Gasteiger partial charge is 0.306 e. The van der Waals surface area contributed by atoms with Crippen LogP contribution in [0.3, 0.4) is 0 Å². The molecule has 472 valence electrons. The van der Waals surface area contributed by atoms with Gasteiger partial charge in [0.15, 0.2) is 6.10 Å². The quantitative estimate of drug-likeness (QED) is 0.0261. The molecule has 0 aromatic carbocycles. The van der Waals surface area contributed by atoms with Crippen LogP contribution in [0.4, 0.5) is 0 Å². The first-order valence-electron chi connectivity index (χ1n) is 34.7. The van der Waals surface area contributed by atoms with E-state index in [1.807, 2.05) is 0 Å². The van der Waals surface area contributed by atoms with Gasteiger partial charge in [0.2, 0.25) is 0 Å². The van der Waals surface area contributed by atoms with Crippen molar-refractivity contribution in [2.24, 2.45) is 0 Å². The number of carbonyl (C=O) groups excluding carboxylic acids is 3. The molecule has 0 aliphatic rings. The van der Waals surface area contributed by atoms with Crippen molar-refractivity contribution < 1.29 is 28.6 Å². The molecular formula is C77H128O6. The van der Waals surface area contributed by atoms with Crippen LogP contribution >= 0.6 is 0 Å². The fourth-order valence-electron chi connectivity index (χ4n) is 9.49. The number of allylic oxidation sites excluding steroid dienone is 22. The molecule has 6 heteroatoms. The van der Waals surface area contributed by atoms with Crippen LogP contribution in [-0.2, 0) is 28.6 Å². The molecule has 0 N–H and O–H groups in total. The van der Waals surface area contributed by atoms with Gasteiger partial charge in [-0.1, -0.05) is 296 Å². The molecule has 0 rings (SSSR count). The molecule has 0 spiro atoms. The van der Waals surface area contributed by atoms with E-state index >= 15 is 0 Å². The molecule has 83 heavy (non-hydrogen) atoms. The third-order valence-electron chi connectivity index (χ3n) is 14.6. The first kappa shape index (κ1) is 78.5. The molecule has 1 unspecified atom stereocenters. The van der Waals surface area contributed by atoms with E-state index in [-0.39, 0.29) is 31.1 Å². The minimum atomic E-state index is -0.795. The van der Waals surface area contributed by atoms with E-state index in [9.17, 15) is 14.4 Å². The molecular weight excluding hydrogens is 1020 g/mol. The lowest BCUT2D eigenvalue weighted by Gasteiger charge is -2.18. The fraction of sp³-hybridized carbons (Fsp3) is 0.675. The second-order valence-corrected chi connectivity index (χ2v) is 22.7. The Kier molecular flexibility index (Phi) is 66.3. The Labute approximate surface area is 513 Å². The minimum Gasteiger partial charge on any atom is -0.462 e. The Bertz CT molecular complexity index is 1750. The summed E-state index contributed by atoms with van der Waals surface area (Å²) in [6.07, 6.45) is 99.0. The average molecular weight is 1150 g/mol. The molecule has 0 aromatic rings. The van der Waals surface area contributed by atoms with Gasteiger partial charge in [0.05, 0.1) is 0 Å². The Hall–Kier alpha value is -4.45. The van der Waals surface area contributed by atoms with Crippen LogP contribution in [0.25, 0.3) is 0 Å². The summed E-state index contributed by atoms with van der Waals surface area (Å²) in [4.78, 5) is 38.4. The lowest BCUT2D eigenvalue weighted by atomic mass is 10.0. The predicted molar refractivity (Wildman–Crippen MR) is 362 cm³/mol. The normalized spacial score (nSPS) is 13.0. The third-order valence-corrected chi connectivity index (χ3v) is 14.6. The van der Waals surface area contributed by atoms with Crippen LogP contribution in [0.5, 0.6) is 0 Å². The summed E-state index contributed by atoms with van der Waals surface area (Å²) in [6, 6.07) is 0. The Balaban J connectivity index is 4.34. The molecule has 1 atom stereocenters. The van der Waals surface area contributed by atoms with Gasteiger partial charge in [-0.05, 0) is 135 Å². The maximum absolute atomic E-state index is 13.0. The van der Waals surface area contributed by atoms with Crippen LogP contribution in [0.15, 0.2) is 134 Å². The third kappa shape index (κ3) is 68.2. The molecule has 0 saturated heterocycles. The SMILES string of the molecule is CC/C=C\C/C=C\C/C=C\C/C=C\C/C=C\C/C=C\CCCCCCCCC(=O)OC(COC(=O)CCCCCCC/C=C\CCCCCC)COC(=O)CCCCCCCCCCCCCCCC/C=C\C/C=C\C/C=C\C/C=C\CC. The zero-order valence-corrected chi connectivity index (χ0v) is 54.2. The fourth-order valence-corrected chi connectivity index (χ4v) is 9.49. The van der Waals surface area contributed by atoms with Crippen LogP contribution < -0.4 is 0 Å². The molecule has 0 saturated carbocycles. The van der Waals surface area contributed by atoms with E-state index in [1.54, 1.807) is 0 Å². The van der Waals surface area contributed by atoms with Crippen LogP contribution in [0.1, 0.15) is 316 Å². The molecule has 0 amide bonds. The molecule has 0 aliphatic carbocycles. The van der Waals surface area contributed by atoms with Crippen molar-refractivity contribution in [1.82, 2.24) is 0 Å². The van der Waals surface area contributed by atoms with Crippen LogP contribution in [0, 0.1) is 0 Å². The zero-order valence-electron chi connectivity index (χ0n) is 54.2. The molecule has 0 aromatic heterocycles. The molecule has 0 heterocycles. The van der Waals surface area contributed by atoms with Gasteiger partial charge in [0, 0.05) is 19.3 Å². The Morgan fingerprint density at radius 3 is 0.747 bits per heavy atom. The van der Waals surface area contributed by atoms with Gasteiger partial charge in [0.25, 0.3) is 0 Å². The maximum atomic E-state index is 13.0. The van der Waals surface area contributed by atoms with Crippen LogP contribution in [0.2, 0.25) is 0 Å². The van der Waals surface area contributed by atoms with Crippen molar-refractivity contribution in [1.29, 1.82) is 0 Å². The molecule has 0 fully saturated rings. The van der Waals surface area contributed by atoms with Gasteiger partial charge in [0.1, 0.15) is 13.2 Å². The highest BCUT2D eigenvalue weighted by Crippen LogP contribution is 2.16. The summed E-state index contributed by atoms with van der Waals surface area (Å²) < 4.78 is 17.0. The van der Waals surface area contributed by atoms with Gasteiger partial charge in [-0.15, -0.1) is 0 Å². The van der Waals surface area contributed by atoms with Gasteiger partial charge in [-0.2, -0.15) is 0 Å². The molecule has 0 aliphatic heterocycles. The minimum absolute atomic E-state index is 0.0888. The van der Waals surface area contributed by atoms with Crippen LogP contribution in [-0.4, -0.2) is 37.2 Å². The lowest BCUT2D eigenvalue weighted by molar-refractivity contribution is -0.167. The highest BCUT2D eigenvalue weighted by Gasteiger charge is 2.19. The summed E-state index contributed by atoms with van der Waals surface area (Å²) in [5.74, 6) is -0.906. The van der Waals surface area contributed by atoms with Gasteiger partial charge < -0.3 is 14.2 Å². The lowest BCUT2D eigenvalue weighted by Crippen LogP contribution is -2.30. The second kappa shape index (κ2) is 70.0. The largest absolute Gasteiger partial charge is 0.462 e. The highest BCUT2D eigenvalue weighted by atomic mass is 16.6. The van der Waals surface area contributed by atoms with Gasteiger partial charge in [-0.25, -0.2) is 0 Å². The topological polar surface area (TPSA) is 78.9 Å². The van der Waals surface area contributed by atoms with Crippen molar-refractivity contribution in [3.05, 3.63) is 134 Å². The van der Waals surface area contributed by atoms with Gasteiger partial charge >= 0.3 is 17.9 Å². The average Bonchev–Trinajstić information content (AvgIpc) is 3.49. The zero-order chi connectivity index (χ0) is 59.9. The number of ether oxygens (including phenoxy) is 3. The molecule has 0 bridgehead atoms. The number of rotatable bonds is 62. The van der Waals surface area contributed by atoms with Crippen molar-refractivity contribution >= 4 is 17.9 Å². The summed E-state index contributed by atoms with van der Waals surface area (Å²) in [7, 11) is 0. The summed E-state index contributed by atoms with van der Waals surface area (Å²) in [6.45, 7) is 6.40. The van der Waals surface area contributed by atoms with E-state index < -0.39 is 6.10 Å². The number of esters is 3. The van der Waals surface area contributed by atoms with Crippen molar-refractivity contribution in [3.8, 4) is 0 Å². The number of hydrogen-bond acceptors (Lipinski definition) is 6. The molecule has 0 radical (unpaired) electrons. The van der Waals surface area contributed by atoms with Crippen molar-refractivity contribution in [2.75, 3.05) is 13.2 Å². The first-order valence-corrected chi connectivity index (χ1v) is 34.7. The first-order chi connectivity index (χ1) is 41.0. The number of carbonyl (C=O) groups is 3. The van der Waals surface area contributed by atoms with Crippen molar-refractivity contribution in [3.63, 3.8) is 0 Å². The maximum Gasteiger partial charge on any atom is 0.306 e. The number of hydrogen-bond donors (Lipinski definition) is 0. The van der Waals surface area contributed by atoms with E-state index in [4.69, 9.17) is 14.2 Å². The van der Waals surface area contributed by atoms with Crippen molar-refractivity contribution in [2.45, 2.75) is 322 Å². The Morgan fingerprint density at radius 2 is 0.470 bits per heavy atom. The summed E-state index contributed by atoms with van der Waals surface area (Å²) in [5.41, 5.74) is 0. The monoisotopic (exact) mass is 1150 g/mol. The molecule has 6 nitrogen and oxygen atoms in total. The highest BCUT2D eigenvalue weighted by molar-refractivity contribution is 5.71. The van der Waals surface area contributed by atoms with E-state index in [2.05, 4.69) is 154 Å². The van der Waals surface area contributed by atoms with E-state index in [0.29, 0.717) is 19.3 Å². The summed E-state index contributed by atoms with van der Waals surface area (Å²) in [5, 5.41) is 0. The van der Waals surface area contributed by atoms with E-state index in [1.165, 1.54) is 135 Å². The predicted octanol–water partition coefficient (Wildman–Crippen LogP) is 24.1.